The Hall–Kier alpha value is -1.40. The predicted octanol–water partition coefficient (Wildman–Crippen LogP) is 3.40. The standard InChI is InChI=1S/C13H15N3OS2/c1-14-11-8-12(16-13(15-11)18-3)19-10-6-4-5-9(7-10)17-2/h4-8H,1-3H3,(H,14,15,16). The summed E-state index contributed by atoms with van der Waals surface area (Å²) in [5, 5.41) is 4.72. The molecule has 0 atom stereocenters. The van der Waals surface area contributed by atoms with E-state index in [2.05, 4.69) is 15.3 Å². The molecule has 4 nitrogen and oxygen atoms in total. The van der Waals surface area contributed by atoms with Crippen LogP contribution in [0.1, 0.15) is 0 Å². The van der Waals surface area contributed by atoms with E-state index in [4.69, 9.17) is 4.74 Å². The molecule has 1 aromatic carbocycles. The summed E-state index contributed by atoms with van der Waals surface area (Å²) in [7, 11) is 3.52. The molecule has 0 aliphatic heterocycles. The maximum atomic E-state index is 5.22. The Morgan fingerprint density at radius 1 is 1.21 bits per heavy atom. The van der Waals surface area contributed by atoms with Crippen LogP contribution in [0.25, 0.3) is 0 Å². The summed E-state index contributed by atoms with van der Waals surface area (Å²) in [6.45, 7) is 0. The number of benzene rings is 1. The molecule has 0 bridgehead atoms. The van der Waals surface area contributed by atoms with Gasteiger partial charge >= 0.3 is 0 Å². The van der Waals surface area contributed by atoms with E-state index in [0.717, 1.165) is 26.6 Å². The molecule has 100 valence electrons. The number of anilines is 1. The predicted molar refractivity (Wildman–Crippen MR) is 80.5 cm³/mol. The molecule has 0 unspecified atom stereocenters. The summed E-state index contributed by atoms with van der Waals surface area (Å²) in [5.41, 5.74) is 0. The topological polar surface area (TPSA) is 47.0 Å². The van der Waals surface area contributed by atoms with Crippen molar-refractivity contribution in [2.75, 3.05) is 25.7 Å². The fraction of sp³-hybridized carbons (Fsp3) is 0.231. The van der Waals surface area contributed by atoms with Gasteiger partial charge in [0.2, 0.25) is 0 Å². The second-order valence-corrected chi connectivity index (χ2v) is 5.48. The molecular weight excluding hydrogens is 278 g/mol. The monoisotopic (exact) mass is 293 g/mol. The number of rotatable bonds is 5. The van der Waals surface area contributed by atoms with Gasteiger partial charge in [0.25, 0.3) is 0 Å². The lowest BCUT2D eigenvalue weighted by Gasteiger charge is -2.07. The van der Waals surface area contributed by atoms with Gasteiger partial charge in [-0.1, -0.05) is 29.6 Å². The molecular formula is C13H15N3OS2. The van der Waals surface area contributed by atoms with E-state index in [1.54, 1.807) is 18.9 Å². The summed E-state index contributed by atoms with van der Waals surface area (Å²) < 4.78 is 5.22. The highest BCUT2D eigenvalue weighted by atomic mass is 32.2. The molecule has 0 aliphatic rings. The first-order chi connectivity index (χ1) is 9.25. The molecule has 1 aromatic heterocycles. The number of thioether (sulfide) groups is 1. The van der Waals surface area contributed by atoms with Crippen molar-refractivity contribution in [2.24, 2.45) is 0 Å². The van der Waals surface area contributed by atoms with E-state index in [-0.39, 0.29) is 0 Å². The van der Waals surface area contributed by atoms with Crippen molar-refractivity contribution >= 4 is 29.3 Å². The zero-order chi connectivity index (χ0) is 13.7. The van der Waals surface area contributed by atoms with Gasteiger partial charge in [-0.2, -0.15) is 0 Å². The van der Waals surface area contributed by atoms with Gasteiger partial charge < -0.3 is 10.1 Å². The Labute approximate surface area is 121 Å². The Bertz CT molecular complexity index is 541. The minimum atomic E-state index is 0.761. The highest BCUT2D eigenvalue weighted by Gasteiger charge is 2.05. The Kier molecular flexibility index (Phi) is 4.93. The third-order valence-electron chi connectivity index (χ3n) is 2.38. The molecule has 0 spiro atoms. The molecule has 0 aliphatic carbocycles. The van der Waals surface area contributed by atoms with Gasteiger partial charge in [0.1, 0.15) is 16.6 Å². The summed E-state index contributed by atoms with van der Waals surface area (Å²) in [4.78, 5) is 9.92. The van der Waals surface area contributed by atoms with E-state index in [1.165, 1.54) is 11.8 Å². The molecule has 0 saturated heterocycles. The van der Waals surface area contributed by atoms with Crippen molar-refractivity contribution in [1.82, 2.24) is 9.97 Å². The van der Waals surface area contributed by atoms with Crippen molar-refractivity contribution in [1.29, 1.82) is 0 Å². The maximum absolute atomic E-state index is 5.22. The van der Waals surface area contributed by atoms with Gasteiger partial charge in [0.15, 0.2) is 5.16 Å². The summed E-state index contributed by atoms with van der Waals surface area (Å²) in [6.07, 6.45) is 1.97. The summed E-state index contributed by atoms with van der Waals surface area (Å²) in [6, 6.07) is 9.86. The molecule has 0 fully saturated rings. The molecule has 0 radical (unpaired) electrons. The first-order valence-electron chi connectivity index (χ1n) is 5.68. The van der Waals surface area contributed by atoms with E-state index < -0.39 is 0 Å². The van der Waals surface area contributed by atoms with E-state index in [9.17, 15) is 0 Å². The second kappa shape index (κ2) is 6.68. The molecule has 0 amide bonds. The van der Waals surface area contributed by atoms with Crippen molar-refractivity contribution in [3.05, 3.63) is 30.3 Å². The fourth-order valence-electron chi connectivity index (χ4n) is 1.46. The lowest BCUT2D eigenvalue weighted by molar-refractivity contribution is 0.413. The minimum Gasteiger partial charge on any atom is -0.497 e. The Balaban J connectivity index is 2.26. The third-order valence-corrected chi connectivity index (χ3v) is 3.84. The average Bonchev–Trinajstić information content (AvgIpc) is 2.47. The van der Waals surface area contributed by atoms with E-state index >= 15 is 0 Å². The van der Waals surface area contributed by atoms with Crippen molar-refractivity contribution in [2.45, 2.75) is 15.1 Å². The number of ether oxygens (including phenoxy) is 1. The zero-order valence-corrected chi connectivity index (χ0v) is 12.6. The average molecular weight is 293 g/mol. The first-order valence-corrected chi connectivity index (χ1v) is 7.72. The maximum Gasteiger partial charge on any atom is 0.190 e. The van der Waals surface area contributed by atoms with E-state index in [0.29, 0.717) is 0 Å². The minimum absolute atomic E-state index is 0.761. The number of hydrogen-bond donors (Lipinski definition) is 1. The molecule has 2 rings (SSSR count). The molecule has 1 heterocycles. The van der Waals surface area contributed by atoms with Crippen LogP contribution in [0.15, 0.2) is 45.4 Å². The SMILES string of the molecule is CNc1cc(Sc2cccc(OC)c2)nc(SC)n1. The summed E-state index contributed by atoms with van der Waals surface area (Å²) in [5.74, 6) is 1.67. The van der Waals surface area contributed by atoms with Gasteiger partial charge in [-0.15, -0.1) is 0 Å². The smallest absolute Gasteiger partial charge is 0.190 e. The molecule has 1 N–H and O–H groups in total. The number of methoxy groups -OCH3 is 1. The van der Waals surface area contributed by atoms with Crippen LogP contribution < -0.4 is 10.1 Å². The quantitative estimate of drug-likeness (QED) is 0.518. The van der Waals surface area contributed by atoms with Gasteiger partial charge in [-0.3, -0.25) is 0 Å². The van der Waals surface area contributed by atoms with Crippen LogP contribution >= 0.6 is 23.5 Å². The molecule has 0 saturated carbocycles. The van der Waals surface area contributed by atoms with Gasteiger partial charge in [-0.05, 0) is 24.5 Å². The van der Waals surface area contributed by atoms with Gasteiger partial charge in [-0.25, -0.2) is 9.97 Å². The Morgan fingerprint density at radius 3 is 2.74 bits per heavy atom. The normalized spacial score (nSPS) is 10.3. The zero-order valence-electron chi connectivity index (χ0n) is 11.0. The van der Waals surface area contributed by atoms with Crippen LogP contribution in [0.2, 0.25) is 0 Å². The second-order valence-electron chi connectivity index (χ2n) is 3.61. The first kappa shape index (κ1) is 14.0. The number of nitrogens with one attached hydrogen (secondary N) is 1. The number of hydrogen-bond acceptors (Lipinski definition) is 6. The Morgan fingerprint density at radius 2 is 2.05 bits per heavy atom. The van der Waals surface area contributed by atoms with Crippen LogP contribution in [0.5, 0.6) is 5.75 Å². The van der Waals surface area contributed by atoms with Crippen LogP contribution in [0.3, 0.4) is 0 Å². The van der Waals surface area contributed by atoms with Gasteiger partial charge in [0, 0.05) is 18.0 Å². The molecule has 2 aromatic rings. The van der Waals surface area contributed by atoms with Crippen LogP contribution in [0.4, 0.5) is 5.82 Å². The molecule has 19 heavy (non-hydrogen) atoms. The number of aromatic nitrogens is 2. The highest BCUT2D eigenvalue weighted by molar-refractivity contribution is 7.99. The van der Waals surface area contributed by atoms with Crippen LogP contribution in [-0.2, 0) is 0 Å². The van der Waals surface area contributed by atoms with Gasteiger partial charge in [0.05, 0.1) is 7.11 Å². The van der Waals surface area contributed by atoms with Crippen molar-refractivity contribution in [3.63, 3.8) is 0 Å². The van der Waals surface area contributed by atoms with Crippen molar-refractivity contribution < 1.29 is 4.74 Å². The highest BCUT2D eigenvalue weighted by Crippen LogP contribution is 2.30. The lowest BCUT2D eigenvalue weighted by Crippen LogP contribution is -1.96. The molecule has 6 heteroatoms. The lowest BCUT2D eigenvalue weighted by atomic mass is 10.3. The fourth-order valence-corrected chi connectivity index (χ4v) is 2.76. The third kappa shape index (κ3) is 3.78. The number of nitrogens with zero attached hydrogens (tertiary/aromatic N) is 2. The van der Waals surface area contributed by atoms with E-state index in [1.807, 2.05) is 43.6 Å². The van der Waals surface area contributed by atoms with Crippen LogP contribution in [-0.4, -0.2) is 30.4 Å². The van der Waals surface area contributed by atoms with Crippen LogP contribution in [0, 0.1) is 0 Å². The summed E-state index contributed by atoms with van der Waals surface area (Å²) >= 11 is 3.12. The van der Waals surface area contributed by atoms with Crippen molar-refractivity contribution in [3.8, 4) is 5.75 Å². The largest absolute Gasteiger partial charge is 0.497 e.